The van der Waals surface area contributed by atoms with Crippen LogP contribution in [0.15, 0.2) is 30.5 Å². The van der Waals surface area contributed by atoms with Gasteiger partial charge >= 0.3 is 0 Å². The van der Waals surface area contributed by atoms with E-state index in [-0.39, 0.29) is 0 Å². The Hall–Kier alpha value is -1.61. The van der Waals surface area contributed by atoms with Gasteiger partial charge in [-0.15, -0.1) is 0 Å². The van der Waals surface area contributed by atoms with Crippen molar-refractivity contribution >= 4 is 17.5 Å². The average Bonchev–Trinajstić information content (AvgIpc) is 2.40. The number of aromatic nitrogens is 2. The van der Waals surface area contributed by atoms with Crippen molar-refractivity contribution in [3.05, 3.63) is 41.0 Å². The summed E-state index contributed by atoms with van der Waals surface area (Å²) in [5.74, 6) is 0.658. The molecule has 0 spiro atoms. The summed E-state index contributed by atoms with van der Waals surface area (Å²) in [5.41, 5.74) is 2.96. The van der Waals surface area contributed by atoms with Gasteiger partial charge in [-0.2, -0.15) is 0 Å². The monoisotopic (exact) mass is 261 g/mol. The summed E-state index contributed by atoms with van der Waals surface area (Å²) in [6.07, 6.45) is 2.80. The van der Waals surface area contributed by atoms with Gasteiger partial charge in [0.25, 0.3) is 0 Å². The lowest BCUT2D eigenvalue weighted by Gasteiger charge is -2.06. The largest absolute Gasteiger partial charge is 0.354 e. The zero-order valence-corrected chi connectivity index (χ0v) is 11.3. The Balaban J connectivity index is 2.29. The van der Waals surface area contributed by atoms with Gasteiger partial charge in [0.05, 0.1) is 5.69 Å². The molecule has 0 radical (unpaired) electrons. The lowest BCUT2D eigenvalue weighted by Crippen LogP contribution is -2.04. The van der Waals surface area contributed by atoms with E-state index >= 15 is 0 Å². The minimum atomic E-state index is 0.658. The molecule has 0 aliphatic carbocycles. The van der Waals surface area contributed by atoms with Gasteiger partial charge in [-0.25, -0.2) is 9.97 Å². The zero-order chi connectivity index (χ0) is 13.0. The molecule has 0 amide bonds. The van der Waals surface area contributed by atoms with Crippen LogP contribution in [0, 0.1) is 6.92 Å². The molecule has 0 aliphatic heterocycles. The molecule has 0 bridgehead atoms. The molecular formula is C14H16ClN3. The van der Waals surface area contributed by atoms with Gasteiger partial charge in [0.1, 0.15) is 0 Å². The summed E-state index contributed by atoms with van der Waals surface area (Å²) in [4.78, 5) is 8.66. The molecule has 1 aromatic carbocycles. The van der Waals surface area contributed by atoms with Crippen molar-refractivity contribution in [2.45, 2.75) is 20.3 Å². The van der Waals surface area contributed by atoms with E-state index in [2.05, 4.69) is 22.2 Å². The maximum absolute atomic E-state index is 6.13. The molecule has 1 heterocycles. The molecule has 0 aliphatic rings. The van der Waals surface area contributed by atoms with Crippen LogP contribution < -0.4 is 5.32 Å². The molecule has 0 unspecified atom stereocenters. The fourth-order valence-corrected chi connectivity index (χ4v) is 1.77. The summed E-state index contributed by atoms with van der Waals surface area (Å²) in [5, 5.41) is 3.93. The third-order valence-corrected chi connectivity index (χ3v) is 3.06. The van der Waals surface area contributed by atoms with Crippen molar-refractivity contribution in [1.29, 1.82) is 0 Å². The Morgan fingerprint density at radius 1 is 1.28 bits per heavy atom. The number of hydrogen-bond donors (Lipinski definition) is 1. The van der Waals surface area contributed by atoms with Crippen LogP contribution in [0.2, 0.25) is 5.02 Å². The maximum Gasteiger partial charge on any atom is 0.223 e. The Bertz CT molecular complexity index is 540. The molecular weight excluding hydrogens is 246 g/mol. The predicted octanol–water partition coefficient (Wildman–Crippen LogP) is 3.93. The average molecular weight is 262 g/mol. The normalized spacial score (nSPS) is 10.4. The van der Waals surface area contributed by atoms with Crippen molar-refractivity contribution in [1.82, 2.24) is 9.97 Å². The second-order valence-corrected chi connectivity index (χ2v) is 4.56. The van der Waals surface area contributed by atoms with Crippen molar-refractivity contribution in [3.63, 3.8) is 0 Å². The first-order valence-electron chi connectivity index (χ1n) is 6.04. The lowest BCUT2D eigenvalue weighted by molar-refractivity contribution is 0.953. The van der Waals surface area contributed by atoms with E-state index in [4.69, 9.17) is 11.6 Å². The second kappa shape index (κ2) is 5.83. The summed E-state index contributed by atoms with van der Waals surface area (Å²) in [7, 11) is 0. The molecule has 2 aromatic rings. The molecule has 0 saturated heterocycles. The van der Waals surface area contributed by atoms with Gasteiger partial charge in [-0.1, -0.05) is 30.7 Å². The summed E-state index contributed by atoms with van der Waals surface area (Å²) in [6, 6.07) is 7.84. The number of nitrogens with zero attached hydrogens (tertiary/aromatic N) is 2. The van der Waals surface area contributed by atoms with E-state index in [0.29, 0.717) is 5.95 Å². The first-order chi connectivity index (χ1) is 8.70. The highest BCUT2D eigenvalue weighted by Crippen LogP contribution is 2.24. The van der Waals surface area contributed by atoms with Gasteiger partial charge in [0.15, 0.2) is 0 Å². The molecule has 0 atom stereocenters. The van der Waals surface area contributed by atoms with E-state index in [9.17, 15) is 0 Å². The van der Waals surface area contributed by atoms with E-state index in [1.807, 2.05) is 31.2 Å². The third-order valence-electron chi connectivity index (χ3n) is 2.66. The fourth-order valence-electron chi connectivity index (χ4n) is 1.59. The van der Waals surface area contributed by atoms with Crippen LogP contribution in [0.5, 0.6) is 0 Å². The first-order valence-corrected chi connectivity index (χ1v) is 6.42. The van der Waals surface area contributed by atoms with Gasteiger partial charge in [-0.05, 0) is 31.0 Å². The van der Waals surface area contributed by atoms with E-state index in [1.165, 1.54) is 0 Å². The van der Waals surface area contributed by atoms with Gasteiger partial charge in [-0.3, -0.25) is 0 Å². The molecule has 3 nitrogen and oxygen atoms in total. The van der Waals surface area contributed by atoms with Gasteiger partial charge < -0.3 is 5.32 Å². The highest BCUT2D eigenvalue weighted by Gasteiger charge is 2.04. The number of rotatable bonds is 4. The highest BCUT2D eigenvalue weighted by atomic mass is 35.5. The van der Waals surface area contributed by atoms with Crippen molar-refractivity contribution < 1.29 is 0 Å². The molecule has 94 valence electrons. The van der Waals surface area contributed by atoms with Gasteiger partial charge in [0, 0.05) is 23.3 Å². The Morgan fingerprint density at radius 2 is 2.11 bits per heavy atom. The Morgan fingerprint density at radius 3 is 2.83 bits per heavy atom. The van der Waals surface area contributed by atoms with E-state index < -0.39 is 0 Å². The maximum atomic E-state index is 6.13. The smallest absolute Gasteiger partial charge is 0.223 e. The van der Waals surface area contributed by atoms with Crippen LogP contribution in [0.1, 0.15) is 18.9 Å². The van der Waals surface area contributed by atoms with Crippen LogP contribution in [0.4, 0.5) is 5.95 Å². The highest BCUT2D eigenvalue weighted by molar-refractivity contribution is 6.31. The van der Waals surface area contributed by atoms with Crippen LogP contribution in [0.25, 0.3) is 11.3 Å². The number of benzene rings is 1. The molecule has 1 N–H and O–H groups in total. The second-order valence-electron chi connectivity index (χ2n) is 4.16. The van der Waals surface area contributed by atoms with Crippen molar-refractivity contribution in [3.8, 4) is 11.3 Å². The van der Waals surface area contributed by atoms with E-state index in [1.54, 1.807) is 6.20 Å². The number of nitrogens with one attached hydrogen (secondary N) is 1. The fraction of sp³-hybridized carbons (Fsp3) is 0.286. The molecule has 0 fully saturated rings. The van der Waals surface area contributed by atoms with Crippen LogP contribution >= 0.6 is 11.6 Å². The Kier molecular flexibility index (Phi) is 4.15. The van der Waals surface area contributed by atoms with Crippen molar-refractivity contribution in [2.75, 3.05) is 11.9 Å². The first kappa shape index (κ1) is 12.8. The number of anilines is 1. The van der Waals surface area contributed by atoms with Crippen molar-refractivity contribution in [2.24, 2.45) is 0 Å². The summed E-state index contributed by atoms with van der Waals surface area (Å²) in [6.45, 7) is 4.97. The summed E-state index contributed by atoms with van der Waals surface area (Å²) >= 11 is 6.13. The quantitative estimate of drug-likeness (QED) is 0.906. The van der Waals surface area contributed by atoms with E-state index in [0.717, 1.165) is 34.8 Å². The third kappa shape index (κ3) is 2.99. The van der Waals surface area contributed by atoms with Crippen LogP contribution in [-0.4, -0.2) is 16.5 Å². The predicted molar refractivity (Wildman–Crippen MR) is 76.0 cm³/mol. The number of hydrogen-bond acceptors (Lipinski definition) is 3. The van der Waals surface area contributed by atoms with Gasteiger partial charge in [0.2, 0.25) is 5.95 Å². The number of halogens is 1. The summed E-state index contributed by atoms with van der Waals surface area (Å²) < 4.78 is 0. The molecule has 4 heteroatoms. The number of aryl methyl sites for hydroxylation is 1. The SMILES string of the molecule is CCCNc1nccc(-c2ccc(C)c(Cl)c2)n1. The molecule has 18 heavy (non-hydrogen) atoms. The zero-order valence-electron chi connectivity index (χ0n) is 10.6. The van der Waals surface area contributed by atoms with Crippen LogP contribution in [0.3, 0.4) is 0 Å². The molecule has 0 saturated carbocycles. The van der Waals surface area contributed by atoms with Crippen LogP contribution in [-0.2, 0) is 0 Å². The minimum absolute atomic E-state index is 0.658. The molecule has 2 rings (SSSR count). The molecule has 1 aromatic heterocycles. The Labute approximate surface area is 112 Å². The topological polar surface area (TPSA) is 37.8 Å². The lowest BCUT2D eigenvalue weighted by atomic mass is 10.1. The minimum Gasteiger partial charge on any atom is -0.354 e. The standard InChI is InChI=1S/C14H16ClN3/c1-3-7-16-14-17-8-6-13(18-14)11-5-4-10(2)12(15)9-11/h4-6,8-9H,3,7H2,1-2H3,(H,16,17,18).